The van der Waals surface area contributed by atoms with Crippen LogP contribution in [0.5, 0.6) is 0 Å². The van der Waals surface area contributed by atoms with Gasteiger partial charge in [-0.3, -0.25) is 4.79 Å². The van der Waals surface area contributed by atoms with Gasteiger partial charge in [-0.1, -0.05) is 6.07 Å². The summed E-state index contributed by atoms with van der Waals surface area (Å²) in [7, 11) is 0. The van der Waals surface area contributed by atoms with Crippen LogP contribution < -0.4 is 5.32 Å². The lowest BCUT2D eigenvalue weighted by Gasteiger charge is -2.12. The fourth-order valence-electron chi connectivity index (χ4n) is 1.53. The van der Waals surface area contributed by atoms with E-state index in [2.05, 4.69) is 27.9 Å². The Balaban J connectivity index is 1.93. The molecule has 0 saturated heterocycles. The number of nitrogens with one attached hydrogen (secondary N) is 1. The topological polar surface area (TPSA) is 29.1 Å². The Morgan fingerprint density at radius 2 is 2.25 bits per heavy atom. The molecule has 1 fully saturated rings. The molecule has 86 valence electrons. The molecule has 1 aromatic carbocycles. The molecule has 2 nitrogen and oxygen atoms in total. The van der Waals surface area contributed by atoms with Crippen LogP contribution in [0.2, 0.25) is 0 Å². The number of hydrogen-bond acceptors (Lipinski definition) is 1. The first kappa shape index (κ1) is 12.2. The Bertz CT molecular complexity index is 404. The van der Waals surface area contributed by atoms with Crippen molar-refractivity contribution >= 4 is 40.1 Å². The maximum Gasteiger partial charge on any atom is 0.251 e. The SMILES string of the molecule is O=C(NCC1(CCl)CC1)c1cccc(I)c1. The molecule has 16 heavy (non-hydrogen) atoms. The van der Waals surface area contributed by atoms with E-state index >= 15 is 0 Å². The van der Waals surface area contributed by atoms with Gasteiger partial charge in [0, 0.05) is 27.0 Å². The van der Waals surface area contributed by atoms with Crippen LogP contribution in [-0.2, 0) is 0 Å². The van der Waals surface area contributed by atoms with Crippen molar-refractivity contribution in [3.05, 3.63) is 33.4 Å². The Kier molecular flexibility index (Phi) is 3.74. The van der Waals surface area contributed by atoms with Crippen LogP contribution in [-0.4, -0.2) is 18.3 Å². The summed E-state index contributed by atoms with van der Waals surface area (Å²) in [6.45, 7) is 0.695. The average molecular weight is 350 g/mol. The molecule has 1 aliphatic rings. The van der Waals surface area contributed by atoms with Gasteiger partial charge < -0.3 is 5.32 Å². The van der Waals surface area contributed by atoms with Crippen LogP contribution in [0.4, 0.5) is 0 Å². The maximum absolute atomic E-state index is 11.8. The number of alkyl halides is 1. The van der Waals surface area contributed by atoms with Crippen LogP contribution in [0.25, 0.3) is 0 Å². The summed E-state index contributed by atoms with van der Waals surface area (Å²) < 4.78 is 1.07. The normalized spacial score (nSPS) is 16.9. The van der Waals surface area contributed by atoms with Crippen molar-refractivity contribution in [2.75, 3.05) is 12.4 Å². The summed E-state index contributed by atoms with van der Waals surface area (Å²) in [5.41, 5.74) is 0.899. The van der Waals surface area contributed by atoms with Gasteiger partial charge in [0.05, 0.1) is 0 Å². The number of amides is 1. The number of benzene rings is 1. The predicted molar refractivity (Wildman–Crippen MR) is 73.9 cm³/mol. The highest BCUT2D eigenvalue weighted by molar-refractivity contribution is 14.1. The molecule has 0 heterocycles. The summed E-state index contributed by atoms with van der Waals surface area (Å²) in [5.74, 6) is 0.634. The van der Waals surface area contributed by atoms with Crippen molar-refractivity contribution in [2.45, 2.75) is 12.8 Å². The second kappa shape index (κ2) is 4.92. The fourth-order valence-corrected chi connectivity index (χ4v) is 2.44. The third kappa shape index (κ3) is 2.88. The minimum atomic E-state index is -0.00472. The van der Waals surface area contributed by atoms with Gasteiger partial charge in [-0.05, 0) is 53.6 Å². The molecular formula is C12H13ClINO. The minimum Gasteiger partial charge on any atom is -0.351 e. The van der Waals surface area contributed by atoms with Crippen LogP contribution in [0, 0.1) is 8.99 Å². The Hall–Kier alpha value is -0.290. The summed E-state index contributed by atoms with van der Waals surface area (Å²) in [6.07, 6.45) is 2.26. The molecule has 0 aliphatic heterocycles. The van der Waals surface area contributed by atoms with Gasteiger partial charge in [0.25, 0.3) is 5.91 Å². The van der Waals surface area contributed by atoms with Crippen molar-refractivity contribution in [1.82, 2.24) is 5.32 Å². The lowest BCUT2D eigenvalue weighted by molar-refractivity contribution is 0.0946. The zero-order valence-electron chi connectivity index (χ0n) is 8.80. The highest BCUT2D eigenvalue weighted by Crippen LogP contribution is 2.45. The minimum absolute atomic E-state index is 0.00472. The molecular weight excluding hydrogens is 336 g/mol. The monoisotopic (exact) mass is 349 g/mol. The number of carbonyl (C=O) groups excluding carboxylic acids is 1. The van der Waals surface area contributed by atoms with Crippen molar-refractivity contribution < 1.29 is 4.79 Å². The molecule has 2 rings (SSSR count). The Morgan fingerprint density at radius 3 is 2.81 bits per heavy atom. The van der Waals surface area contributed by atoms with Gasteiger partial charge in [-0.2, -0.15) is 0 Å². The van der Waals surface area contributed by atoms with Crippen molar-refractivity contribution in [3.63, 3.8) is 0 Å². The van der Waals surface area contributed by atoms with E-state index in [1.807, 2.05) is 24.3 Å². The highest BCUT2D eigenvalue weighted by atomic mass is 127. The summed E-state index contributed by atoms with van der Waals surface area (Å²) >= 11 is 8.06. The first-order chi connectivity index (χ1) is 7.65. The smallest absolute Gasteiger partial charge is 0.251 e. The molecule has 1 amide bonds. The zero-order chi connectivity index (χ0) is 11.6. The molecule has 1 aromatic rings. The number of hydrogen-bond donors (Lipinski definition) is 1. The molecule has 0 aromatic heterocycles. The van der Waals surface area contributed by atoms with Crippen LogP contribution in [0.3, 0.4) is 0 Å². The molecule has 0 unspecified atom stereocenters. The van der Waals surface area contributed by atoms with Crippen molar-refractivity contribution in [3.8, 4) is 0 Å². The third-order valence-corrected chi connectivity index (χ3v) is 4.19. The second-order valence-electron chi connectivity index (χ2n) is 4.33. The van der Waals surface area contributed by atoms with E-state index in [0.717, 1.165) is 22.0 Å². The molecule has 4 heteroatoms. The van der Waals surface area contributed by atoms with E-state index in [9.17, 15) is 4.79 Å². The van der Waals surface area contributed by atoms with Crippen LogP contribution in [0.1, 0.15) is 23.2 Å². The molecule has 1 N–H and O–H groups in total. The first-order valence-corrected chi connectivity index (χ1v) is 6.86. The highest BCUT2D eigenvalue weighted by Gasteiger charge is 2.41. The largest absolute Gasteiger partial charge is 0.351 e. The van der Waals surface area contributed by atoms with Crippen molar-refractivity contribution in [2.24, 2.45) is 5.41 Å². The summed E-state index contributed by atoms with van der Waals surface area (Å²) in [5, 5.41) is 2.95. The molecule has 0 spiro atoms. The summed E-state index contributed by atoms with van der Waals surface area (Å²) in [6, 6.07) is 7.58. The lowest BCUT2D eigenvalue weighted by atomic mass is 10.1. The van der Waals surface area contributed by atoms with E-state index in [4.69, 9.17) is 11.6 Å². The van der Waals surface area contributed by atoms with E-state index in [0.29, 0.717) is 12.4 Å². The number of rotatable bonds is 4. The quantitative estimate of drug-likeness (QED) is 0.657. The van der Waals surface area contributed by atoms with Gasteiger partial charge in [0.2, 0.25) is 0 Å². The van der Waals surface area contributed by atoms with E-state index in [1.165, 1.54) is 0 Å². The van der Waals surface area contributed by atoms with Crippen LogP contribution >= 0.6 is 34.2 Å². The number of carbonyl (C=O) groups is 1. The Labute approximate surface area is 114 Å². The number of halogens is 2. The van der Waals surface area contributed by atoms with Gasteiger partial charge in [0.15, 0.2) is 0 Å². The zero-order valence-corrected chi connectivity index (χ0v) is 11.7. The molecule has 0 radical (unpaired) electrons. The van der Waals surface area contributed by atoms with Crippen molar-refractivity contribution in [1.29, 1.82) is 0 Å². The van der Waals surface area contributed by atoms with E-state index in [-0.39, 0.29) is 11.3 Å². The molecule has 1 aliphatic carbocycles. The van der Waals surface area contributed by atoms with Crippen LogP contribution in [0.15, 0.2) is 24.3 Å². The molecule has 0 bridgehead atoms. The molecule has 1 saturated carbocycles. The summed E-state index contributed by atoms with van der Waals surface area (Å²) in [4.78, 5) is 11.8. The Morgan fingerprint density at radius 1 is 1.50 bits per heavy atom. The first-order valence-electron chi connectivity index (χ1n) is 5.25. The molecule has 0 atom stereocenters. The average Bonchev–Trinajstić information content (AvgIpc) is 3.07. The van der Waals surface area contributed by atoms with E-state index < -0.39 is 0 Å². The van der Waals surface area contributed by atoms with Gasteiger partial charge in [-0.15, -0.1) is 11.6 Å². The van der Waals surface area contributed by atoms with Gasteiger partial charge in [0.1, 0.15) is 0 Å². The van der Waals surface area contributed by atoms with Gasteiger partial charge in [-0.25, -0.2) is 0 Å². The standard InChI is InChI=1S/C12H13ClINO/c13-7-12(4-5-12)8-15-11(16)9-2-1-3-10(14)6-9/h1-3,6H,4-5,7-8H2,(H,15,16). The van der Waals surface area contributed by atoms with E-state index in [1.54, 1.807) is 0 Å². The van der Waals surface area contributed by atoms with Gasteiger partial charge >= 0.3 is 0 Å². The second-order valence-corrected chi connectivity index (χ2v) is 5.84. The maximum atomic E-state index is 11.8. The lowest BCUT2D eigenvalue weighted by Crippen LogP contribution is -2.31. The fraction of sp³-hybridized carbons (Fsp3) is 0.417. The predicted octanol–water partition coefficient (Wildman–Crippen LogP) is 3.04. The third-order valence-electron chi connectivity index (χ3n) is 2.95.